The normalized spacial score (nSPS) is 13.0. The number of aromatic nitrogens is 2. The van der Waals surface area contributed by atoms with Crippen molar-refractivity contribution in [1.82, 2.24) is 9.97 Å². The predicted octanol–water partition coefficient (Wildman–Crippen LogP) is 3.52. The van der Waals surface area contributed by atoms with Crippen molar-refractivity contribution in [2.45, 2.75) is 26.4 Å². The van der Waals surface area contributed by atoms with Gasteiger partial charge in [0.15, 0.2) is 0 Å². The smallest absolute Gasteiger partial charge is 0.227 e. The Labute approximate surface area is 97.1 Å². The number of rotatable bonds is 3. The molecule has 0 saturated heterocycles. The molecular formula is C10H11ClN2OS. The SMILES string of the molecule is CCC(C)Oc1ncnc2scc(Cl)c12. The zero-order chi connectivity index (χ0) is 10.8. The van der Waals surface area contributed by atoms with Crippen LogP contribution in [0.25, 0.3) is 10.2 Å². The molecule has 1 atom stereocenters. The second-order valence-corrected chi connectivity index (χ2v) is 4.54. The Hall–Kier alpha value is -0.870. The molecule has 3 nitrogen and oxygen atoms in total. The number of ether oxygens (including phenoxy) is 1. The first-order valence-corrected chi connectivity index (χ1v) is 6.02. The highest BCUT2D eigenvalue weighted by molar-refractivity contribution is 7.17. The van der Waals surface area contributed by atoms with Crippen LogP contribution in [-0.4, -0.2) is 16.1 Å². The average molecular weight is 243 g/mol. The van der Waals surface area contributed by atoms with Crippen molar-refractivity contribution in [3.05, 3.63) is 16.7 Å². The Morgan fingerprint density at radius 2 is 2.33 bits per heavy atom. The summed E-state index contributed by atoms with van der Waals surface area (Å²) in [6.07, 6.45) is 2.58. The van der Waals surface area contributed by atoms with Gasteiger partial charge in [0.2, 0.25) is 5.88 Å². The van der Waals surface area contributed by atoms with Crippen LogP contribution < -0.4 is 4.74 Å². The van der Waals surface area contributed by atoms with E-state index in [1.807, 2.05) is 12.3 Å². The van der Waals surface area contributed by atoms with Crippen molar-refractivity contribution < 1.29 is 4.74 Å². The van der Waals surface area contributed by atoms with E-state index in [1.165, 1.54) is 17.7 Å². The minimum absolute atomic E-state index is 0.138. The summed E-state index contributed by atoms with van der Waals surface area (Å²) in [5.74, 6) is 0.584. The number of hydrogen-bond donors (Lipinski definition) is 0. The standard InChI is InChI=1S/C10H11ClN2OS/c1-3-6(2)14-9-8-7(11)4-15-10(8)13-5-12-9/h4-6H,3H2,1-2H3. The van der Waals surface area contributed by atoms with E-state index in [-0.39, 0.29) is 6.10 Å². The van der Waals surface area contributed by atoms with Crippen molar-refractivity contribution in [3.8, 4) is 5.88 Å². The van der Waals surface area contributed by atoms with Gasteiger partial charge in [-0.2, -0.15) is 0 Å². The van der Waals surface area contributed by atoms with Crippen molar-refractivity contribution >= 4 is 33.2 Å². The highest BCUT2D eigenvalue weighted by Gasteiger charge is 2.12. The number of fused-ring (bicyclic) bond motifs is 1. The molecule has 5 heteroatoms. The fraction of sp³-hybridized carbons (Fsp3) is 0.400. The second-order valence-electron chi connectivity index (χ2n) is 3.28. The third kappa shape index (κ3) is 2.06. The maximum absolute atomic E-state index is 6.05. The van der Waals surface area contributed by atoms with E-state index < -0.39 is 0 Å². The third-order valence-corrected chi connectivity index (χ3v) is 3.49. The molecule has 0 bridgehead atoms. The summed E-state index contributed by atoms with van der Waals surface area (Å²) in [5.41, 5.74) is 0. The summed E-state index contributed by atoms with van der Waals surface area (Å²) in [6, 6.07) is 0. The maximum atomic E-state index is 6.05. The Bertz CT molecular complexity index is 471. The zero-order valence-electron chi connectivity index (χ0n) is 8.53. The van der Waals surface area contributed by atoms with Crippen molar-refractivity contribution in [3.63, 3.8) is 0 Å². The van der Waals surface area contributed by atoms with Crippen LogP contribution in [0.1, 0.15) is 20.3 Å². The zero-order valence-corrected chi connectivity index (χ0v) is 10.1. The minimum atomic E-state index is 0.138. The van der Waals surface area contributed by atoms with E-state index in [0.29, 0.717) is 10.9 Å². The van der Waals surface area contributed by atoms with Crippen LogP contribution in [0.2, 0.25) is 5.02 Å². The van der Waals surface area contributed by atoms with E-state index >= 15 is 0 Å². The summed E-state index contributed by atoms with van der Waals surface area (Å²) in [5, 5.41) is 3.34. The number of hydrogen-bond acceptors (Lipinski definition) is 4. The largest absolute Gasteiger partial charge is 0.474 e. The molecule has 2 heterocycles. The minimum Gasteiger partial charge on any atom is -0.474 e. The van der Waals surface area contributed by atoms with Gasteiger partial charge in [-0.15, -0.1) is 11.3 Å². The summed E-state index contributed by atoms with van der Waals surface area (Å²) >= 11 is 7.55. The number of nitrogens with zero attached hydrogens (tertiary/aromatic N) is 2. The third-order valence-electron chi connectivity index (χ3n) is 2.18. The second kappa shape index (κ2) is 4.33. The summed E-state index contributed by atoms with van der Waals surface area (Å²) < 4.78 is 5.69. The van der Waals surface area contributed by atoms with Gasteiger partial charge in [-0.05, 0) is 13.3 Å². The van der Waals surface area contributed by atoms with Gasteiger partial charge in [0.1, 0.15) is 11.2 Å². The first-order valence-electron chi connectivity index (χ1n) is 4.76. The lowest BCUT2D eigenvalue weighted by Gasteiger charge is -2.11. The highest BCUT2D eigenvalue weighted by atomic mass is 35.5. The number of thiophene rings is 1. The van der Waals surface area contributed by atoms with E-state index in [2.05, 4.69) is 16.9 Å². The molecule has 0 saturated carbocycles. The first kappa shape index (κ1) is 10.6. The van der Waals surface area contributed by atoms with Gasteiger partial charge in [-0.3, -0.25) is 0 Å². The molecule has 80 valence electrons. The van der Waals surface area contributed by atoms with Crippen molar-refractivity contribution in [2.24, 2.45) is 0 Å². The lowest BCUT2D eigenvalue weighted by molar-refractivity contribution is 0.211. The average Bonchev–Trinajstić information content (AvgIpc) is 2.61. The molecule has 0 aliphatic heterocycles. The lowest BCUT2D eigenvalue weighted by atomic mass is 10.3. The molecule has 15 heavy (non-hydrogen) atoms. The molecule has 0 fully saturated rings. The monoisotopic (exact) mass is 242 g/mol. The molecule has 0 spiro atoms. The fourth-order valence-electron chi connectivity index (χ4n) is 1.18. The molecule has 0 amide bonds. The molecule has 0 N–H and O–H groups in total. The van der Waals surface area contributed by atoms with Gasteiger partial charge in [0.05, 0.1) is 16.5 Å². The van der Waals surface area contributed by atoms with Gasteiger partial charge < -0.3 is 4.74 Å². The lowest BCUT2D eigenvalue weighted by Crippen LogP contribution is -2.10. The number of halogens is 1. The van der Waals surface area contributed by atoms with Gasteiger partial charge >= 0.3 is 0 Å². The molecule has 0 aliphatic carbocycles. The molecule has 1 unspecified atom stereocenters. The van der Waals surface area contributed by atoms with E-state index in [9.17, 15) is 0 Å². The summed E-state index contributed by atoms with van der Waals surface area (Å²) in [4.78, 5) is 9.12. The van der Waals surface area contributed by atoms with Crippen LogP contribution in [0, 0.1) is 0 Å². The molecule has 2 rings (SSSR count). The molecule has 0 radical (unpaired) electrons. The molecule has 0 aliphatic rings. The van der Waals surface area contributed by atoms with E-state index in [4.69, 9.17) is 16.3 Å². The fourth-order valence-corrected chi connectivity index (χ4v) is 2.29. The predicted molar refractivity (Wildman–Crippen MR) is 62.8 cm³/mol. The molecule has 2 aromatic rings. The summed E-state index contributed by atoms with van der Waals surface area (Å²) in [6.45, 7) is 4.08. The van der Waals surface area contributed by atoms with Crippen LogP contribution in [0.3, 0.4) is 0 Å². The van der Waals surface area contributed by atoms with Crippen LogP contribution in [0.15, 0.2) is 11.7 Å². The van der Waals surface area contributed by atoms with Crippen molar-refractivity contribution in [1.29, 1.82) is 0 Å². The van der Waals surface area contributed by atoms with Gasteiger partial charge in [-0.25, -0.2) is 9.97 Å². The molecular weight excluding hydrogens is 232 g/mol. The van der Waals surface area contributed by atoms with Crippen LogP contribution in [0.4, 0.5) is 0 Å². The van der Waals surface area contributed by atoms with Crippen LogP contribution in [-0.2, 0) is 0 Å². The Kier molecular flexibility index (Phi) is 3.07. The maximum Gasteiger partial charge on any atom is 0.227 e. The van der Waals surface area contributed by atoms with Gasteiger partial charge in [0.25, 0.3) is 0 Å². The molecule has 0 aromatic carbocycles. The Morgan fingerprint density at radius 1 is 1.53 bits per heavy atom. The van der Waals surface area contributed by atoms with E-state index in [0.717, 1.165) is 16.6 Å². The van der Waals surface area contributed by atoms with Crippen LogP contribution >= 0.6 is 22.9 Å². The highest BCUT2D eigenvalue weighted by Crippen LogP contribution is 2.34. The Morgan fingerprint density at radius 3 is 3.07 bits per heavy atom. The van der Waals surface area contributed by atoms with Gasteiger partial charge in [-0.1, -0.05) is 18.5 Å². The summed E-state index contributed by atoms with van der Waals surface area (Å²) in [7, 11) is 0. The molecule has 2 aromatic heterocycles. The quantitative estimate of drug-likeness (QED) is 0.826. The Balaban J connectivity index is 2.45. The topological polar surface area (TPSA) is 35.0 Å². The van der Waals surface area contributed by atoms with Gasteiger partial charge in [0, 0.05) is 5.38 Å². The first-order chi connectivity index (χ1) is 7.22. The van der Waals surface area contributed by atoms with Crippen molar-refractivity contribution in [2.75, 3.05) is 0 Å². The van der Waals surface area contributed by atoms with E-state index in [1.54, 1.807) is 0 Å². The van der Waals surface area contributed by atoms with Crippen LogP contribution in [0.5, 0.6) is 5.88 Å².